The van der Waals surface area contributed by atoms with Crippen LogP contribution in [-0.2, 0) is 4.79 Å². The summed E-state index contributed by atoms with van der Waals surface area (Å²) < 4.78 is 0. The van der Waals surface area contributed by atoms with Gasteiger partial charge in [-0.2, -0.15) is 0 Å². The molecule has 2 amide bonds. The van der Waals surface area contributed by atoms with Gasteiger partial charge in [0.25, 0.3) is 5.91 Å². The van der Waals surface area contributed by atoms with Gasteiger partial charge in [-0.05, 0) is 38.1 Å². The zero-order valence-electron chi connectivity index (χ0n) is 11.5. The van der Waals surface area contributed by atoms with Crippen molar-refractivity contribution in [3.05, 3.63) is 39.8 Å². The highest BCUT2D eigenvalue weighted by Crippen LogP contribution is 2.19. The normalized spacial score (nSPS) is 10.2. The maximum atomic E-state index is 12.0. The monoisotopic (exact) mass is 289 g/mol. The van der Waals surface area contributed by atoms with Crippen molar-refractivity contribution in [2.45, 2.75) is 20.8 Å². The van der Waals surface area contributed by atoms with E-state index in [0.29, 0.717) is 16.4 Å². The van der Waals surface area contributed by atoms with Crippen LogP contribution in [0.1, 0.15) is 27.3 Å². The molecule has 0 unspecified atom stereocenters. The molecule has 1 aromatic heterocycles. The van der Waals surface area contributed by atoms with Crippen molar-refractivity contribution in [1.82, 2.24) is 4.98 Å². The van der Waals surface area contributed by atoms with Crippen LogP contribution in [0.15, 0.2) is 24.3 Å². The second-order valence-corrected chi connectivity index (χ2v) is 5.58. The number of carbonyl (C=O) groups excluding carboxylic acids is 2. The zero-order chi connectivity index (χ0) is 14.7. The Kier molecular flexibility index (Phi) is 4.14. The van der Waals surface area contributed by atoms with E-state index >= 15 is 0 Å². The van der Waals surface area contributed by atoms with E-state index < -0.39 is 0 Å². The molecule has 5 nitrogen and oxygen atoms in total. The molecule has 2 N–H and O–H groups in total. The molecule has 0 atom stereocenters. The van der Waals surface area contributed by atoms with Crippen molar-refractivity contribution in [3.8, 4) is 0 Å². The third-order valence-corrected chi connectivity index (χ3v) is 3.76. The fourth-order valence-corrected chi connectivity index (χ4v) is 2.40. The number of nitrogens with one attached hydrogen (secondary N) is 2. The highest BCUT2D eigenvalue weighted by Gasteiger charge is 2.12. The fraction of sp³-hybridized carbons (Fsp3) is 0.214. The topological polar surface area (TPSA) is 71.1 Å². The summed E-state index contributed by atoms with van der Waals surface area (Å²) in [4.78, 5) is 28.2. The summed E-state index contributed by atoms with van der Waals surface area (Å²) in [6, 6.07) is 6.93. The molecule has 6 heteroatoms. The van der Waals surface area contributed by atoms with Crippen molar-refractivity contribution in [3.63, 3.8) is 0 Å². The van der Waals surface area contributed by atoms with Gasteiger partial charge in [0.2, 0.25) is 5.91 Å². The molecule has 1 heterocycles. The smallest absolute Gasteiger partial charge is 0.284 e. The molecule has 1 aromatic carbocycles. The summed E-state index contributed by atoms with van der Waals surface area (Å²) in [6.45, 7) is 5.26. The second-order valence-electron chi connectivity index (χ2n) is 4.37. The Morgan fingerprint density at radius 3 is 2.05 bits per heavy atom. The Morgan fingerprint density at radius 1 is 1.05 bits per heavy atom. The van der Waals surface area contributed by atoms with E-state index in [4.69, 9.17) is 0 Å². The summed E-state index contributed by atoms with van der Waals surface area (Å²) in [5.74, 6) is -0.353. The van der Waals surface area contributed by atoms with Crippen molar-refractivity contribution in [2.75, 3.05) is 10.6 Å². The number of benzene rings is 1. The number of aromatic nitrogens is 1. The Hall–Kier alpha value is -2.21. The first-order valence-corrected chi connectivity index (χ1v) is 6.90. The highest BCUT2D eigenvalue weighted by molar-refractivity contribution is 7.13. The first-order chi connectivity index (χ1) is 9.45. The maximum absolute atomic E-state index is 12.0. The van der Waals surface area contributed by atoms with Crippen LogP contribution in [0.2, 0.25) is 0 Å². The molecule has 104 valence electrons. The summed E-state index contributed by atoms with van der Waals surface area (Å²) in [5, 5.41) is 5.89. The molecule has 0 spiro atoms. The van der Waals surface area contributed by atoms with E-state index in [2.05, 4.69) is 15.6 Å². The summed E-state index contributed by atoms with van der Waals surface area (Å²) in [6.07, 6.45) is 0. The molecule has 0 saturated heterocycles. The molecule has 0 fully saturated rings. The molecular formula is C14H15N3O2S. The number of anilines is 2. The Bertz CT molecular complexity index is 627. The molecule has 0 radical (unpaired) electrons. The SMILES string of the molecule is CC(=O)Nc1ccc(NC(=O)c2nc(C)c(C)s2)cc1. The Balaban J connectivity index is 2.06. The van der Waals surface area contributed by atoms with Crippen LogP contribution < -0.4 is 10.6 Å². The summed E-state index contributed by atoms with van der Waals surface area (Å²) >= 11 is 1.37. The largest absolute Gasteiger partial charge is 0.326 e. The maximum Gasteiger partial charge on any atom is 0.284 e. The van der Waals surface area contributed by atoms with Crippen LogP contribution in [0, 0.1) is 13.8 Å². The van der Waals surface area contributed by atoms with E-state index in [-0.39, 0.29) is 11.8 Å². The second kappa shape index (κ2) is 5.83. The predicted molar refractivity (Wildman–Crippen MR) is 80.3 cm³/mol. The van der Waals surface area contributed by atoms with E-state index in [9.17, 15) is 9.59 Å². The number of hydrogen-bond donors (Lipinski definition) is 2. The minimum atomic E-state index is -0.224. The van der Waals surface area contributed by atoms with Gasteiger partial charge in [0.1, 0.15) is 0 Å². The third-order valence-electron chi connectivity index (χ3n) is 2.69. The van der Waals surface area contributed by atoms with Gasteiger partial charge in [-0.15, -0.1) is 11.3 Å². The molecule has 0 bridgehead atoms. The van der Waals surface area contributed by atoms with Crippen LogP contribution in [0.5, 0.6) is 0 Å². The first-order valence-electron chi connectivity index (χ1n) is 6.09. The van der Waals surface area contributed by atoms with E-state index in [1.807, 2.05) is 13.8 Å². The van der Waals surface area contributed by atoms with Crippen LogP contribution in [0.3, 0.4) is 0 Å². The Labute approximate surface area is 121 Å². The molecular weight excluding hydrogens is 274 g/mol. The standard InChI is InChI=1S/C14H15N3O2S/c1-8-9(2)20-14(15-8)13(19)17-12-6-4-11(5-7-12)16-10(3)18/h4-7H,1-3H3,(H,16,18)(H,17,19). The number of carbonyl (C=O) groups is 2. The van der Waals surface area contributed by atoms with Crippen LogP contribution in [0.25, 0.3) is 0 Å². The average Bonchev–Trinajstić information content (AvgIpc) is 2.71. The summed E-state index contributed by atoms with van der Waals surface area (Å²) in [7, 11) is 0. The predicted octanol–water partition coefficient (Wildman–Crippen LogP) is 2.97. The lowest BCUT2D eigenvalue weighted by atomic mass is 10.2. The first kappa shape index (κ1) is 14.2. The van der Waals surface area contributed by atoms with Crippen molar-refractivity contribution >= 4 is 34.5 Å². The van der Waals surface area contributed by atoms with Crippen LogP contribution in [0.4, 0.5) is 11.4 Å². The van der Waals surface area contributed by atoms with Crippen molar-refractivity contribution in [2.24, 2.45) is 0 Å². The van der Waals surface area contributed by atoms with Gasteiger partial charge in [-0.1, -0.05) is 0 Å². The van der Waals surface area contributed by atoms with Gasteiger partial charge in [-0.25, -0.2) is 4.98 Å². The van der Waals surface area contributed by atoms with Gasteiger partial charge in [0.05, 0.1) is 5.69 Å². The number of hydrogen-bond acceptors (Lipinski definition) is 4. The molecule has 0 saturated carbocycles. The minimum absolute atomic E-state index is 0.129. The molecule has 0 aliphatic carbocycles. The number of rotatable bonds is 3. The molecule has 2 rings (SSSR count). The number of amides is 2. The minimum Gasteiger partial charge on any atom is -0.326 e. The quantitative estimate of drug-likeness (QED) is 0.912. The number of aryl methyl sites for hydroxylation is 2. The zero-order valence-corrected chi connectivity index (χ0v) is 12.3. The fourth-order valence-electron chi connectivity index (χ4n) is 1.59. The molecule has 2 aromatic rings. The molecule has 0 aliphatic rings. The van der Waals surface area contributed by atoms with Crippen LogP contribution >= 0.6 is 11.3 Å². The van der Waals surface area contributed by atoms with Crippen LogP contribution in [-0.4, -0.2) is 16.8 Å². The lowest BCUT2D eigenvalue weighted by Crippen LogP contribution is -2.11. The Morgan fingerprint density at radius 2 is 1.60 bits per heavy atom. The molecule has 20 heavy (non-hydrogen) atoms. The lowest BCUT2D eigenvalue weighted by molar-refractivity contribution is -0.114. The van der Waals surface area contributed by atoms with Crippen molar-refractivity contribution in [1.29, 1.82) is 0 Å². The van der Waals surface area contributed by atoms with Gasteiger partial charge in [0, 0.05) is 23.2 Å². The highest BCUT2D eigenvalue weighted by atomic mass is 32.1. The van der Waals surface area contributed by atoms with E-state index in [0.717, 1.165) is 10.6 Å². The average molecular weight is 289 g/mol. The third kappa shape index (κ3) is 3.42. The van der Waals surface area contributed by atoms with Crippen molar-refractivity contribution < 1.29 is 9.59 Å². The number of thiazole rings is 1. The van der Waals surface area contributed by atoms with Gasteiger partial charge in [0.15, 0.2) is 5.01 Å². The summed E-state index contributed by atoms with van der Waals surface area (Å²) in [5.41, 5.74) is 2.23. The lowest BCUT2D eigenvalue weighted by Gasteiger charge is -2.05. The van der Waals surface area contributed by atoms with Gasteiger partial charge >= 0.3 is 0 Å². The van der Waals surface area contributed by atoms with E-state index in [1.165, 1.54) is 18.3 Å². The van der Waals surface area contributed by atoms with E-state index in [1.54, 1.807) is 24.3 Å². The molecule has 0 aliphatic heterocycles. The number of nitrogens with zero attached hydrogens (tertiary/aromatic N) is 1. The van der Waals surface area contributed by atoms with Gasteiger partial charge < -0.3 is 10.6 Å². The van der Waals surface area contributed by atoms with Gasteiger partial charge in [-0.3, -0.25) is 9.59 Å².